The zero-order valence-corrected chi connectivity index (χ0v) is 8.40. The molecule has 0 aliphatic heterocycles. The van der Waals surface area contributed by atoms with E-state index in [4.69, 9.17) is 5.26 Å². The number of aliphatic hydroxyl groups is 1. The summed E-state index contributed by atoms with van der Waals surface area (Å²) < 4.78 is 0. The molecule has 4 nitrogen and oxygen atoms in total. The maximum absolute atomic E-state index is 10.8. The molecule has 0 aromatic heterocycles. The van der Waals surface area contributed by atoms with Gasteiger partial charge in [0.25, 0.3) is 0 Å². The molecule has 1 amide bonds. The third-order valence-electron chi connectivity index (χ3n) is 1.88. The molecule has 15 heavy (non-hydrogen) atoms. The quantitative estimate of drug-likeness (QED) is 0.785. The molecule has 1 rings (SSSR count). The van der Waals surface area contributed by atoms with Crippen LogP contribution in [-0.4, -0.2) is 11.0 Å². The monoisotopic (exact) mass is 204 g/mol. The van der Waals surface area contributed by atoms with Gasteiger partial charge in [0.05, 0.1) is 18.6 Å². The average molecular weight is 204 g/mol. The molecule has 0 aliphatic carbocycles. The number of nitrogens with zero attached hydrogens (tertiary/aromatic N) is 1. The lowest BCUT2D eigenvalue weighted by atomic mass is 10.1. The fourth-order valence-corrected chi connectivity index (χ4v) is 1.23. The van der Waals surface area contributed by atoms with Crippen molar-refractivity contribution in [1.29, 1.82) is 5.26 Å². The fourth-order valence-electron chi connectivity index (χ4n) is 1.23. The summed E-state index contributed by atoms with van der Waals surface area (Å²) >= 11 is 0. The normalized spacial score (nSPS) is 11.5. The summed E-state index contributed by atoms with van der Waals surface area (Å²) in [5, 5.41) is 20.6. The second kappa shape index (κ2) is 5.13. The Hall–Kier alpha value is -1.86. The Balaban J connectivity index is 2.83. The summed E-state index contributed by atoms with van der Waals surface area (Å²) in [6, 6.07) is 8.71. The Bertz CT molecular complexity index is 396. The number of nitriles is 1. The van der Waals surface area contributed by atoms with Crippen molar-refractivity contribution >= 4 is 11.6 Å². The zero-order chi connectivity index (χ0) is 11.3. The maximum atomic E-state index is 10.8. The molecule has 0 spiro atoms. The third-order valence-corrected chi connectivity index (χ3v) is 1.88. The van der Waals surface area contributed by atoms with Crippen LogP contribution >= 0.6 is 0 Å². The van der Waals surface area contributed by atoms with Crippen LogP contribution in [0.15, 0.2) is 24.3 Å². The number of hydrogen-bond donors (Lipinski definition) is 2. The van der Waals surface area contributed by atoms with Gasteiger partial charge in [-0.3, -0.25) is 4.79 Å². The van der Waals surface area contributed by atoms with Crippen LogP contribution < -0.4 is 5.32 Å². The van der Waals surface area contributed by atoms with E-state index < -0.39 is 6.10 Å². The van der Waals surface area contributed by atoms with E-state index in [-0.39, 0.29) is 12.3 Å². The van der Waals surface area contributed by atoms with Crippen molar-refractivity contribution in [2.24, 2.45) is 0 Å². The van der Waals surface area contributed by atoms with Crippen LogP contribution in [0.5, 0.6) is 0 Å². The summed E-state index contributed by atoms with van der Waals surface area (Å²) in [6.45, 7) is 1.42. The molecule has 1 aromatic rings. The minimum absolute atomic E-state index is 0.0452. The van der Waals surface area contributed by atoms with Gasteiger partial charge in [0.15, 0.2) is 0 Å². The molecule has 78 valence electrons. The minimum atomic E-state index is -0.802. The maximum Gasteiger partial charge on any atom is 0.221 e. The highest BCUT2D eigenvalue weighted by Gasteiger charge is 2.07. The van der Waals surface area contributed by atoms with Gasteiger partial charge < -0.3 is 10.4 Å². The number of carbonyl (C=O) groups is 1. The first-order chi connectivity index (χ1) is 7.13. The van der Waals surface area contributed by atoms with Gasteiger partial charge in [-0.15, -0.1) is 0 Å². The second-order valence-electron chi connectivity index (χ2n) is 3.18. The molecule has 1 unspecified atom stereocenters. The fraction of sp³-hybridized carbons (Fsp3) is 0.273. The van der Waals surface area contributed by atoms with Crippen molar-refractivity contribution < 1.29 is 9.90 Å². The molecule has 0 saturated carbocycles. The number of carbonyl (C=O) groups excluding carboxylic acids is 1. The number of anilines is 1. The SMILES string of the molecule is CC(=O)Nc1cccc(C(O)CC#N)c1. The van der Waals surface area contributed by atoms with Crippen molar-refractivity contribution in [1.82, 2.24) is 0 Å². The van der Waals surface area contributed by atoms with Crippen molar-refractivity contribution in [3.8, 4) is 6.07 Å². The van der Waals surface area contributed by atoms with E-state index >= 15 is 0 Å². The Morgan fingerprint density at radius 2 is 2.40 bits per heavy atom. The Labute approximate surface area is 88.2 Å². The highest BCUT2D eigenvalue weighted by molar-refractivity contribution is 5.88. The van der Waals surface area contributed by atoms with Crippen LogP contribution in [0, 0.1) is 11.3 Å². The molecule has 0 heterocycles. The smallest absolute Gasteiger partial charge is 0.221 e. The van der Waals surface area contributed by atoms with Gasteiger partial charge in [0.2, 0.25) is 5.91 Å². The van der Waals surface area contributed by atoms with Gasteiger partial charge in [-0.25, -0.2) is 0 Å². The van der Waals surface area contributed by atoms with Gasteiger partial charge in [-0.1, -0.05) is 12.1 Å². The highest BCUT2D eigenvalue weighted by atomic mass is 16.3. The van der Waals surface area contributed by atoms with E-state index in [1.54, 1.807) is 24.3 Å². The third kappa shape index (κ3) is 3.41. The van der Waals surface area contributed by atoms with Crippen molar-refractivity contribution in [3.05, 3.63) is 29.8 Å². The molecule has 4 heteroatoms. The largest absolute Gasteiger partial charge is 0.387 e. The number of benzene rings is 1. The molecular formula is C11H12N2O2. The number of hydrogen-bond acceptors (Lipinski definition) is 3. The van der Waals surface area contributed by atoms with E-state index in [1.165, 1.54) is 6.92 Å². The molecule has 0 bridgehead atoms. The molecule has 0 radical (unpaired) electrons. The lowest BCUT2D eigenvalue weighted by Crippen LogP contribution is -2.06. The molecule has 0 fully saturated rings. The van der Waals surface area contributed by atoms with Crippen LogP contribution in [0.2, 0.25) is 0 Å². The number of nitrogens with one attached hydrogen (secondary N) is 1. The van der Waals surface area contributed by atoms with Crippen LogP contribution in [0.4, 0.5) is 5.69 Å². The van der Waals surface area contributed by atoms with Gasteiger partial charge in [0.1, 0.15) is 0 Å². The van der Waals surface area contributed by atoms with Crippen LogP contribution in [-0.2, 0) is 4.79 Å². The molecule has 1 atom stereocenters. The lowest BCUT2D eigenvalue weighted by Gasteiger charge is -2.09. The standard InChI is InChI=1S/C11H12N2O2/c1-8(14)13-10-4-2-3-9(7-10)11(15)5-6-12/h2-4,7,11,15H,5H2,1H3,(H,13,14). The van der Waals surface area contributed by atoms with E-state index in [0.29, 0.717) is 11.3 Å². The second-order valence-corrected chi connectivity index (χ2v) is 3.18. The molecule has 1 aromatic carbocycles. The molecule has 0 aliphatic rings. The van der Waals surface area contributed by atoms with Crippen LogP contribution in [0.3, 0.4) is 0 Å². The topological polar surface area (TPSA) is 73.1 Å². The Kier molecular flexibility index (Phi) is 3.83. The summed E-state index contributed by atoms with van der Waals surface area (Å²) in [4.78, 5) is 10.8. The van der Waals surface area contributed by atoms with Gasteiger partial charge in [-0.2, -0.15) is 5.26 Å². The summed E-state index contributed by atoms with van der Waals surface area (Å²) in [6.07, 6.45) is -0.757. The van der Waals surface area contributed by atoms with Crippen LogP contribution in [0.1, 0.15) is 25.0 Å². The van der Waals surface area contributed by atoms with E-state index in [9.17, 15) is 9.90 Å². The number of rotatable bonds is 3. The summed E-state index contributed by atoms with van der Waals surface area (Å²) in [5.74, 6) is -0.165. The van der Waals surface area contributed by atoms with Crippen molar-refractivity contribution in [3.63, 3.8) is 0 Å². The van der Waals surface area contributed by atoms with E-state index in [2.05, 4.69) is 5.32 Å². The summed E-state index contributed by atoms with van der Waals surface area (Å²) in [7, 11) is 0. The first-order valence-corrected chi connectivity index (χ1v) is 4.56. The predicted octanol–water partition coefficient (Wildman–Crippen LogP) is 1.59. The van der Waals surface area contributed by atoms with Gasteiger partial charge >= 0.3 is 0 Å². The Morgan fingerprint density at radius 1 is 1.67 bits per heavy atom. The minimum Gasteiger partial charge on any atom is -0.387 e. The average Bonchev–Trinajstić information content (AvgIpc) is 2.17. The van der Waals surface area contributed by atoms with Crippen molar-refractivity contribution in [2.45, 2.75) is 19.4 Å². The van der Waals surface area contributed by atoms with Gasteiger partial charge in [0, 0.05) is 12.6 Å². The van der Waals surface area contributed by atoms with Gasteiger partial charge in [-0.05, 0) is 17.7 Å². The number of aliphatic hydroxyl groups excluding tert-OH is 1. The highest BCUT2D eigenvalue weighted by Crippen LogP contribution is 2.19. The summed E-state index contributed by atoms with van der Waals surface area (Å²) in [5.41, 5.74) is 1.25. The predicted molar refractivity (Wildman–Crippen MR) is 55.9 cm³/mol. The van der Waals surface area contributed by atoms with Crippen LogP contribution in [0.25, 0.3) is 0 Å². The Morgan fingerprint density at radius 3 is 3.00 bits per heavy atom. The van der Waals surface area contributed by atoms with E-state index in [1.807, 2.05) is 6.07 Å². The lowest BCUT2D eigenvalue weighted by molar-refractivity contribution is -0.114. The van der Waals surface area contributed by atoms with E-state index in [0.717, 1.165) is 0 Å². The molecule has 0 saturated heterocycles. The number of amides is 1. The zero-order valence-electron chi connectivity index (χ0n) is 8.40. The first kappa shape index (κ1) is 11.2. The molecular weight excluding hydrogens is 192 g/mol. The van der Waals surface area contributed by atoms with Crippen molar-refractivity contribution in [2.75, 3.05) is 5.32 Å². The molecule has 2 N–H and O–H groups in total. The first-order valence-electron chi connectivity index (χ1n) is 4.56.